The fraction of sp³-hybridized carbons (Fsp3) is 0.480. The molecule has 1 amide bonds. The Morgan fingerprint density at radius 1 is 0.912 bits per heavy atom. The fourth-order valence-electron chi connectivity index (χ4n) is 4.96. The van der Waals surface area contributed by atoms with Crippen molar-refractivity contribution in [3.8, 4) is 11.5 Å². The topological polar surface area (TPSA) is 82.2 Å². The zero-order valence-corrected chi connectivity index (χ0v) is 20.4. The number of benzene rings is 2. The summed E-state index contributed by atoms with van der Waals surface area (Å²) in [5, 5.41) is 2.87. The molecule has 2 fully saturated rings. The van der Waals surface area contributed by atoms with Crippen molar-refractivity contribution in [3.05, 3.63) is 42.0 Å². The van der Waals surface area contributed by atoms with Gasteiger partial charge in [0.2, 0.25) is 10.0 Å². The second-order valence-corrected chi connectivity index (χ2v) is 11.0. The van der Waals surface area contributed by atoms with E-state index < -0.39 is 10.0 Å². The van der Waals surface area contributed by atoms with E-state index in [9.17, 15) is 13.2 Å². The van der Waals surface area contributed by atoms with Crippen molar-refractivity contribution >= 4 is 27.3 Å². The number of rotatable bonds is 4. The summed E-state index contributed by atoms with van der Waals surface area (Å²) in [6.45, 7) is 7.29. The van der Waals surface area contributed by atoms with Crippen LogP contribution in [0.25, 0.3) is 0 Å². The Morgan fingerprint density at radius 2 is 1.62 bits per heavy atom. The summed E-state index contributed by atoms with van der Waals surface area (Å²) in [7, 11) is -3.78. The van der Waals surface area contributed by atoms with E-state index in [1.54, 1.807) is 22.5 Å². The van der Waals surface area contributed by atoms with Gasteiger partial charge in [-0.15, -0.1) is 0 Å². The number of ether oxygens (including phenoxy) is 1. The van der Waals surface area contributed by atoms with Crippen LogP contribution >= 0.6 is 0 Å². The first-order valence-electron chi connectivity index (χ1n) is 12.2. The number of carbonyl (C=O) groups excluding carboxylic acids is 1. The Bertz CT molecular complexity index is 1170. The van der Waals surface area contributed by atoms with Crippen LogP contribution in [0.5, 0.6) is 11.5 Å². The normalized spacial score (nSPS) is 19.9. The molecule has 182 valence electrons. The van der Waals surface area contributed by atoms with E-state index in [1.807, 2.05) is 12.1 Å². The van der Waals surface area contributed by atoms with Crippen LogP contribution < -0.4 is 15.0 Å². The van der Waals surface area contributed by atoms with Gasteiger partial charge in [-0.1, -0.05) is 31.9 Å². The number of hydrogen-bond donors (Lipinski definition) is 1. The number of anilines is 2. The Balaban J connectivity index is 1.61. The Hall–Kier alpha value is -2.62. The van der Waals surface area contributed by atoms with Crippen LogP contribution in [0, 0.1) is 0 Å². The molecule has 3 aliphatic rings. The molecule has 0 atom stereocenters. The third-order valence-corrected chi connectivity index (χ3v) is 8.93. The summed E-state index contributed by atoms with van der Waals surface area (Å²) in [4.78, 5) is 17.8. The molecule has 2 saturated heterocycles. The first kappa shape index (κ1) is 23.1. The molecular weight excluding hydrogens is 452 g/mol. The van der Waals surface area contributed by atoms with Gasteiger partial charge in [-0.05, 0) is 37.6 Å². The first-order chi connectivity index (χ1) is 16.5. The van der Waals surface area contributed by atoms with Gasteiger partial charge >= 0.3 is 0 Å². The van der Waals surface area contributed by atoms with Gasteiger partial charge in [0, 0.05) is 45.3 Å². The highest BCUT2D eigenvalue weighted by molar-refractivity contribution is 7.89. The number of carbonyl (C=O) groups is 1. The molecule has 0 spiro atoms. The molecule has 0 radical (unpaired) electrons. The standard InChI is InChI=1S/C25H32N4O4S/c1-2-27-13-15-28(16-14-27)21-18-23-19(25(30)26-20-9-5-6-10-22(20)33-23)17-24(21)34(31,32)29-11-7-3-4-8-12-29/h5-6,9-10,17-18H,2-4,7-8,11-16H2,1H3,(H,26,30). The number of likely N-dealkylation sites (N-methyl/N-ethyl adjacent to an activating group) is 1. The van der Waals surface area contributed by atoms with E-state index in [1.165, 1.54) is 6.07 Å². The summed E-state index contributed by atoms with van der Waals surface area (Å²) < 4.78 is 35.6. The van der Waals surface area contributed by atoms with Crippen molar-refractivity contribution in [2.45, 2.75) is 37.5 Å². The van der Waals surface area contributed by atoms with Gasteiger partial charge in [-0.2, -0.15) is 4.31 Å². The highest BCUT2D eigenvalue weighted by atomic mass is 32.2. The fourth-order valence-corrected chi connectivity index (χ4v) is 6.69. The van der Waals surface area contributed by atoms with E-state index in [4.69, 9.17) is 4.74 Å². The molecule has 0 aliphatic carbocycles. The van der Waals surface area contributed by atoms with Gasteiger partial charge in [0.15, 0.2) is 5.75 Å². The lowest BCUT2D eigenvalue weighted by molar-refractivity contribution is 0.102. The van der Waals surface area contributed by atoms with Gasteiger partial charge in [-0.3, -0.25) is 4.79 Å². The molecule has 3 heterocycles. The minimum Gasteiger partial charge on any atom is -0.454 e. The summed E-state index contributed by atoms with van der Waals surface area (Å²) in [5.41, 5.74) is 1.42. The molecule has 2 aromatic rings. The van der Waals surface area contributed by atoms with E-state index in [-0.39, 0.29) is 16.4 Å². The van der Waals surface area contributed by atoms with Crippen LogP contribution in [0.1, 0.15) is 43.0 Å². The Kier molecular flexibility index (Phi) is 6.50. The molecule has 0 bridgehead atoms. The molecule has 2 aromatic carbocycles. The van der Waals surface area contributed by atoms with Gasteiger partial charge in [0.05, 0.1) is 16.9 Å². The van der Waals surface area contributed by atoms with Crippen molar-refractivity contribution < 1.29 is 17.9 Å². The van der Waals surface area contributed by atoms with Crippen LogP contribution in [-0.4, -0.2) is 69.3 Å². The van der Waals surface area contributed by atoms with Crippen molar-refractivity contribution in [3.63, 3.8) is 0 Å². The number of sulfonamides is 1. The van der Waals surface area contributed by atoms with Gasteiger partial charge in [-0.25, -0.2) is 8.42 Å². The highest BCUT2D eigenvalue weighted by Gasteiger charge is 2.34. The molecule has 9 heteroatoms. The lowest BCUT2D eigenvalue weighted by Crippen LogP contribution is -2.47. The van der Waals surface area contributed by atoms with E-state index >= 15 is 0 Å². The lowest BCUT2D eigenvalue weighted by atomic mass is 10.1. The Morgan fingerprint density at radius 3 is 2.32 bits per heavy atom. The summed E-state index contributed by atoms with van der Waals surface area (Å²) in [6, 6.07) is 10.5. The van der Waals surface area contributed by atoms with Gasteiger partial charge in [0.1, 0.15) is 10.6 Å². The minimum atomic E-state index is -3.78. The number of fused-ring (bicyclic) bond motifs is 2. The predicted octanol–water partition coefficient (Wildman–Crippen LogP) is 3.75. The summed E-state index contributed by atoms with van der Waals surface area (Å²) in [5.74, 6) is 0.555. The molecule has 1 N–H and O–H groups in total. The molecule has 0 aromatic heterocycles. The van der Waals surface area contributed by atoms with Gasteiger partial charge in [0.25, 0.3) is 5.91 Å². The molecular formula is C25H32N4O4S. The molecule has 0 unspecified atom stereocenters. The van der Waals surface area contributed by atoms with Crippen LogP contribution in [-0.2, 0) is 10.0 Å². The number of amides is 1. The maximum Gasteiger partial charge on any atom is 0.259 e. The largest absolute Gasteiger partial charge is 0.454 e. The zero-order valence-electron chi connectivity index (χ0n) is 19.6. The summed E-state index contributed by atoms with van der Waals surface area (Å²) in [6.07, 6.45) is 3.79. The van der Waals surface area contributed by atoms with Gasteiger partial charge < -0.3 is 19.9 Å². The van der Waals surface area contributed by atoms with E-state index in [0.29, 0.717) is 36.0 Å². The second-order valence-electron chi connectivity index (χ2n) is 9.11. The molecule has 3 aliphatic heterocycles. The first-order valence-corrected chi connectivity index (χ1v) is 13.6. The molecule has 8 nitrogen and oxygen atoms in total. The van der Waals surface area contributed by atoms with Crippen molar-refractivity contribution in [1.82, 2.24) is 9.21 Å². The molecule has 0 saturated carbocycles. The summed E-state index contributed by atoms with van der Waals surface area (Å²) >= 11 is 0. The number of nitrogens with one attached hydrogen (secondary N) is 1. The third kappa shape index (κ3) is 4.39. The van der Waals surface area contributed by atoms with Crippen LogP contribution in [0.2, 0.25) is 0 Å². The van der Waals surface area contributed by atoms with Crippen LogP contribution in [0.4, 0.5) is 11.4 Å². The monoisotopic (exact) mass is 484 g/mol. The SMILES string of the molecule is CCN1CCN(c2cc3c(cc2S(=O)(=O)N2CCCCCC2)C(=O)Nc2ccccc2O3)CC1. The van der Waals surface area contributed by atoms with Crippen LogP contribution in [0.3, 0.4) is 0 Å². The molecule has 5 rings (SSSR count). The second kappa shape index (κ2) is 9.56. The predicted molar refractivity (Wildman–Crippen MR) is 132 cm³/mol. The number of nitrogens with zero attached hydrogens (tertiary/aromatic N) is 3. The van der Waals surface area contributed by atoms with Crippen molar-refractivity contribution in [2.75, 3.05) is 56.0 Å². The quantitative estimate of drug-likeness (QED) is 0.712. The maximum absolute atomic E-state index is 13.9. The Labute approximate surface area is 201 Å². The number of piperazine rings is 1. The number of hydrogen-bond acceptors (Lipinski definition) is 6. The average Bonchev–Trinajstić information content (AvgIpc) is 3.21. The number of para-hydroxylation sites is 2. The zero-order chi connectivity index (χ0) is 23.7. The average molecular weight is 485 g/mol. The third-order valence-electron chi connectivity index (χ3n) is 7.00. The lowest BCUT2D eigenvalue weighted by Gasteiger charge is -2.37. The maximum atomic E-state index is 13.9. The van der Waals surface area contributed by atoms with E-state index in [2.05, 4.69) is 22.0 Å². The minimum absolute atomic E-state index is 0.197. The van der Waals surface area contributed by atoms with Crippen molar-refractivity contribution in [1.29, 1.82) is 0 Å². The van der Waals surface area contributed by atoms with E-state index in [0.717, 1.165) is 58.4 Å². The highest BCUT2D eigenvalue weighted by Crippen LogP contribution is 2.41. The smallest absolute Gasteiger partial charge is 0.259 e. The van der Waals surface area contributed by atoms with Crippen LogP contribution in [0.15, 0.2) is 41.3 Å². The van der Waals surface area contributed by atoms with Crippen molar-refractivity contribution in [2.24, 2.45) is 0 Å². The molecule has 34 heavy (non-hydrogen) atoms.